The standard InChI is InChI=1S/C10H14OS/c1-6-5-9(11)10-8(6)4-3-7(2)12-10/h6-7H,3-5H2,1-2H3. The molecule has 0 saturated heterocycles. The van der Waals surface area contributed by atoms with Crippen LogP contribution in [0.1, 0.15) is 33.1 Å². The predicted molar refractivity (Wildman–Crippen MR) is 52.1 cm³/mol. The average molecular weight is 182 g/mol. The number of carbonyl (C=O) groups excluding carboxylic acids is 1. The lowest BCUT2D eigenvalue weighted by atomic mass is 9.99. The second-order valence-corrected chi connectivity index (χ2v) is 5.30. The van der Waals surface area contributed by atoms with Crippen LogP contribution in [0.3, 0.4) is 0 Å². The molecule has 66 valence electrons. The van der Waals surface area contributed by atoms with Gasteiger partial charge in [0.05, 0.1) is 4.91 Å². The van der Waals surface area contributed by atoms with E-state index in [4.69, 9.17) is 0 Å². The van der Waals surface area contributed by atoms with E-state index in [0.717, 1.165) is 17.7 Å². The maximum absolute atomic E-state index is 11.5. The van der Waals surface area contributed by atoms with E-state index in [-0.39, 0.29) is 0 Å². The van der Waals surface area contributed by atoms with Crippen LogP contribution < -0.4 is 0 Å². The van der Waals surface area contributed by atoms with Crippen molar-refractivity contribution in [3.8, 4) is 0 Å². The highest BCUT2D eigenvalue weighted by molar-refractivity contribution is 8.04. The molecular formula is C10H14OS. The van der Waals surface area contributed by atoms with E-state index in [1.54, 1.807) is 11.8 Å². The smallest absolute Gasteiger partial charge is 0.169 e. The van der Waals surface area contributed by atoms with Gasteiger partial charge in [0.1, 0.15) is 0 Å². The highest BCUT2D eigenvalue weighted by atomic mass is 32.2. The third-order valence-corrected chi connectivity index (χ3v) is 4.13. The Balaban J connectivity index is 2.29. The van der Waals surface area contributed by atoms with Crippen molar-refractivity contribution in [2.75, 3.05) is 0 Å². The zero-order valence-electron chi connectivity index (χ0n) is 7.59. The number of ketones is 1. The lowest BCUT2D eigenvalue weighted by Gasteiger charge is -2.20. The van der Waals surface area contributed by atoms with Gasteiger partial charge in [0.25, 0.3) is 0 Å². The SMILES string of the molecule is CC1CCC2=C(S1)C(=O)CC2C. The zero-order chi connectivity index (χ0) is 8.72. The summed E-state index contributed by atoms with van der Waals surface area (Å²) in [6, 6.07) is 0. The van der Waals surface area contributed by atoms with Crippen LogP contribution in [0.15, 0.2) is 10.5 Å². The van der Waals surface area contributed by atoms with E-state index < -0.39 is 0 Å². The molecule has 2 atom stereocenters. The Kier molecular flexibility index (Phi) is 2.03. The summed E-state index contributed by atoms with van der Waals surface area (Å²) in [6.45, 7) is 4.39. The summed E-state index contributed by atoms with van der Waals surface area (Å²) in [4.78, 5) is 12.6. The molecule has 1 nitrogen and oxygen atoms in total. The number of rotatable bonds is 0. The molecule has 0 radical (unpaired) electrons. The van der Waals surface area contributed by atoms with Gasteiger partial charge >= 0.3 is 0 Å². The van der Waals surface area contributed by atoms with E-state index >= 15 is 0 Å². The molecule has 0 saturated carbocycles. The van der Waals surface area contributed by atoms with Crippen molar-refractivity contribution in [2.24, 2.45) is 5.92 Å². The van der Waals surface area contributed by atoms with E-state index in [1.807, 2.05) is 0 Å². The van der Waals surface area contributed by atoms with Gasteiger partial charge < -0.3 is 0 Å². The van der Waals surface area contributed by atoms with E-state index in [2.05, 4.69) is 13.8 Å². The summed E-state index contributed by atoms with van der Waals surface area (Å²) in [6.07, 6.45) is 3.18. The summed E-state index contributed by atoms with van der Waals surface area (Å²) >= 11 is 1.80. The van der Waals surface area contributed by atoms with Crippen LogP contribution in [-0.2, 0) is 4.79 Å². The minimum Gasteiger partial charge on any atom is -0.294 e. The molecular weight excluding hydrogens is 168 g/mol. The van der Waals surface area contributed by atoms with Crippen molar-refractivity contribution < 1.29 is 4.79 Å². The van der Waals surface area contributed by atoms with Crippen molar-refractivity contribution in [3.05, 3.63) is 10.5 Å². The van der Waals surface area contributed by atoms with Crippen LogP contribution in [0.4, 0.5) is 0 Å². The molecule has 2 rings (SSSR count). The fourth-order valence-corrected chi connectivity index (χ4v) is 3.32. The summed E-state index contributed by atoms with van der Waals surface area (Å²) in [5, 5.41) is 0.651. The van der Waals surface area contributed by atoms with Crippen molar-refractivity contribution in [3.63, 3.8) is 0 Å². The Morgan fingerprint density at radius 2 is 2.17 bits per heavy atom. The number of hydrogen-bond donors (Lipinski definition) is 0. The molecule has 0 N–H and O–H groups in total. The lowest BCUT2D eigenvalue weighted by molar-refractivity contribution is -0.114. The Labute approximate surface area is 77.6 Å². The quantitative estimate of drug-likeness (QED) is 0.573. The van der Waals surface area contributed by atoms with Crippen molar-refractivity contribution in [1.29, 1.82) is 0 Å². The lowest BCUT2D eigenvalue weighted by Crippen LogP contribution is -2.07. The summed E-state index contributed by atoms with van der Waals surface area (Å²) in [7, 11) is 0. The molecule has 0 spiro atoms. The van der Waals surface area contributed by atoms with Crippen LogP contribution >= 0.6 is 11.8 Å². The largest absolute Gasteiger partial charge is 0.294 e. The maximum atomic E-state index is 11.5. The molecule has 0 bridgehead atoms. The first-order valence-electron chi connectivity index (χ1n) is 4.61. The molecule has 0 amide bonds. The molecule has 0 fully saturated rings. The Morgan fingerprint density at radius 1 is 1.42 bits per heavy atom. The van der Waals surface area contributed by atoms with Gasteiger partial charge in [-0.1, -0.05) is 13.8 Å². The first kappa shape index (κ1) is 8.36. The normalized spacial score (nSPS) is 35.7. The fraction of sp³-hybridized carbons (Fsp3) is 0.700. The first-order chi connectivity index (χ1) is 5.68. The van der Waals surface area contributed by atoms with Gasteiger partial charge in [0.2, 0.25) is 0 Å². The van der Waals surface area contributed by atoms with E-state index in [1.165, 1.54) is 12.0 Å². The molecule has 12 heavy (non-hydrogen) atoms. The van der Waals surface area contributed by atoms with Gasteiger partial charge in [-0.15, -0.1) is 11.8 Å². The number of Topliss-reactive ketones (excluding diaryl/α,β-unsaturated/α-hetero) is 1. The molecule has 1 aliphatic carbocycles. The predicted octanol–water partition coefficient (Wildman–Crippen LogP) is 2.76. The van der Waals surface area contributed by atoms with E-state index in [0.29, 0.717) is 17.0 Å². The zero-order valence-corrected chi connectivity index (χ0v) is 8.41. The second kappa shape index (κ2) is 2.91. The summed E-state index contributed by atoms with van der Waals surface area (Å²) in [5.74, 6) is 0.932. The molecule has 1 heterocycles. The van der Waals surface area contributed by atoms with Gasteiger partial charge in [-0.2, -0.15) is 0 Å². The van der Waals surface area contributed by atoms with Crippen LogP contribution in [0.25, 0.3) is 0 Å². The Hall–Kier alpha value is -0.240. The number of allylic oxidation sites excluding steroid dienone is 2. The molecule has 2 unspecified atom stereocenters. The van der Waals surface area contributed by atoms with Crippen LogP contribution in [0.5, 0.6) is 0 Å². The molecule has 2 aliphatic rings. The topological polar surface area (TPSA) is 17.1 Å². The van der Waals surface area contributed by atoms with Crippen LogP contribution in [0, 0.1) is 5.92 Å². The van der Waals surface area contributed by atoms with E-state index in [9.17, 15) is 4.79 Å². The second-order valence-electron chi connectivity index (χ2n) is 3.85. The number of carbonyl (C=O) groups is 1. The van der Waals surface area contributed by atoms with Crippen LogP contribution in [-0.4, -0.2) is 11.0 Å². The van der Waals surface area contributed by atoms with Gasteiger partial charge in [-0.05, 0) is 24.3 Å². The van der Waals surface area contributed by atoms with Gasteiger partial charge in [0, 0.05) is 11.7 Å². The summed E-state index contributed by atoms with van der Waals surface area (Å²) in [5.41, 5.74) is 1.45. The average Bonchev–Trinajstić information content (AvgIpc) is 2.28. The minimum absolute atomic E-state index is 0.397. The third-order valence-electron chi connectivity index (χ3n) is 2.77. The monoisotopic (exact) mass is 182 g/mol. The minimum atomic E-state index is 0.397. The first-order valence-corrected chi connectivity index (χ1v) is 5.49. The Bertz CT molecular complexity index is 255. The molecule has 0 aromatic carbocycles. The highest BCUT2D eigenvalue weighted by Gasteiger charge is 2.33. The van der Waals surface area contributed by atoms with Crippen molar-refractivity contribution in [1.82, 2.24) is 0 Å². The summed E-state index contributed by atoms with van der Waals surface area (Å²) < 4.78 is 0. The highest BCUT2D eigenvalue weighted by Crippen LogP contribution is 2.44. The number of thioether (sulfide) groups is 1. The Morgan fingerprint density at radius 3 is 2.92 bits per heavy atom. The van der Waals surface area contributed by atoms with Gasteiger partial charge in [-0.3, -0.25) is 4.79 Å². The molecule has 0 aromatic heterocycles. The van der Waals surface area contributed by atoms with Gasteiger partial charge in [0.15, 0.2) is 5.78 Å². The fourth-order valence-electron chi connectivity index (χ4n) is 2.02. The molecule has 2 heteroatoms. The van der Waals surface area contributed by atoms with Crippen molar-refractivity contribution >= 4 is 17.5 Å². The maximum Gasteiger partial charge on any atom is 0.169 e. The van der Waals surface area contributed by atoms with Crippen molar-refractivity contribution in [2.45, 2.75) is 38.4 Å². The van der Waals surface area contributed by atoms with Gasteiger partial charge in [-0.25, -0.2) is 0 Å². The van der Waals surface area contributed by atoms with Crippen LogP contribution in [0.2, 0.25) is 0 Å². The third kappa shape index (κ3) is 1.22. The number of hydrogen-bond acceptors (Lipinski definition) is 2. The molecule has 1 aliphatic heterocycles. The molecule has 0 aromatic rings.